The maximum absolute atomic E-state index is 11.7. The number of rotatable bonds is 3. The SMILES string of the molecule is CNC(=O)c1ccn(C2CCCN(c3nnc(C)c(C)c3C#N)C2)n1. The predicted octanol–water partition coefficient (Wildman–Crippen LogP) is 1.36. The summed E-state index contributed by atoms with van der Waals surface area (Å²) in [6.45, 7) is 5.26. The van der Waals surface area contributed by atoms with Crippen LogP contribution in [0.3, 0.4) is 0 Å². The van der Waals surface area contributed by atoms with Crippen molar-refractivity contribution < 1.29 is 4.79 Å². The quantitative estimate of drug-likeness (QED) is 0.906. The van der Waals surface area contributed by atoms with Crippen LogP contribution in [-0.2, 0) is 0 Å². The molecule has 1 amide bonds. The Hall–Kier alpha value is -2.95. The molecule has 1 unspecified atom stereocenters. The lowest BCUT2D eigenvalue weighted by atomic mass is 10.0. The number of carbonyl (C=O) groups excluding carboxylic acids is 1. The van der Waals surface area contributed by atoms with Crippen LogP contribution in [-0.4, -0.2) is 46.0 Å². The van der Waals surface area contributed by atoms with Crippen LogP contribution in [0, 0.1) is 25.2 Å². The molecule has 1 fully saturated rings. The zero-order valence-electron chi connectivity index (χ0n) is 14.7. The van der Waals surface area contributed by atoms with Crippen LogP contribution >= 0.6 is 0 Å². The van der Waals surface area contributed by atoms with E-state index in [0.29, 0.717) is 23.6 Å². The Morgan fingerprint density at radius 1 is 1.40 bits per heavy atom. The molecule has 0 saturated carbocycles. The maximum atomic E-state index is 11.7. The molecule has 0 aliphatic carbocycles. The van der Waals surface area contributed by atoms with E-state index in [-0.39, 0.29) is 11.9 Å². The minimum absolute atomic E-state index is 0.127. The smallest absolute Gasteiger partial charge is 0.271 e. The average Bonchev–Trinajstić information content (AvgIpc) is 3.13. The van der Waals surface area contributed by atoms with Gasteiger partial charge in [0.1, 0.15) is 17.3 Å². The largest absolute Gasteiger partial charge is 0.354 e. The summed E-state index contributed by atoms with van der Waals surface area (Å²) in [7, 11) is 1.59. The third-order valence-electron chi connectivity index (χ3n) is 4.69. The number of aromatic nitrogens is 4. The first-order chi connectivity index (χ1) is 12.0. The first-order valence-corrected chi connectivity index (χ1v) is 8.31. The molecule has 8 nitrogen and oxygen atoms in total. The number of carbonyl (C=O) groups is 1. The molecule has 1 aliphatic heterocycles. The minimum Gasteiger partial charge on any atom is -0.354 e. The molecule has 2 aromatic rings. The standard InChI is InChI=1S/C17H21N7O/c1-11-12(2)20-21-16(14(11)9-18)23-7-4-5-13(10-23)24-8-6-15(22-24)17(25)19-3/h6,8,13H,4-5,7,10H2,1-3H3,(H,19,25). The predicted molar refractivity (Wildman–Crippen MR) is 92.3 cm³/mol. The van der Waals surface area contributed by atoms with E-state index in [4.69, 9.17) is 0 Å². The summed E-state index contributed by atoms with van der Waals surface area (Å²) in [5, 5.41) is 24.9. The van der Waals surface area contributed by atoms with E-state index in [1.807, 2.05) is 24.7 Å². The molecular formula is C17H21N7O. The van der Waals surface area contributed by atoms with Crippen LogP contribution in [0.5, 0.6) is 0 Å². The van der Waals surface area contributed by atoms with E-state index >= 15 is 0 Å². The Kier molecular flexibility index (Phi) is 4.65. The van der Waals surface area contributed by atoms with E-state index in [9.17, 15) is 10.1 Å². The summed E-state index contributed by atoms with van der Waals surface area (Å²) in [6.07, 6.45) is 3.75. The molecule has 8 heteroatoms. The van der Waals surface area contributed by atoms with Gasteiger partial charge in [0.25, 0.3) is 5.91 Å². The molecule has 25 heavy (non-hydrogen) atoms. The molecule has 0 spiro atoms. The van der Waals surface area contributed by atoms with Crippen molar-refractivity contribution >= 4 is 11.7 Å². The molecule has 3 heterocycles. The topological polar surface area (TPSA) is 99.7 Å². The summed E-state index contributed by atoms with van der Waals surface area (Å²) >= 11 is 0. The number of amides is 1. The van der Waals surface area contributed by atoms with Gasteiger partial charge >= 0.3 is 0 Å². The normalized spacial score (nSPS) is 17.2. The first kappa shape index (κ1) is 16.9. The Morgan fingerprint density at radius 2 is 2.20 bits per heavy atom. The van der Waals surface area contributed by atoms with Crippen LogP contribution in [0.4, 0.5) is 5.82 Å². The van der Waals surface area contributed by atoms with Gasteiger partial charge in [-0.2, -0.15) is 15.5 Å². The molecule has 1 N–H and O–H groups in total. The van der Waals surface area contributed by atoms with Gasteiger partial charge in [-0.3, -0.25) is 9.48 Å². The molecule has 2 aromatic heterocycles. The van der Waals surface area contributed by atoms with Crippen molar-refractivity contribution in [2.24, 2.45) is 0 Å². The Labute approximate surface area is 146 Å². The van der Waals surface area contributed by atoms with Gasteiger partial charge in [-0.15, -0.1) is 5.10 Å². The molecular weight excluding hydrogens is 318 g/mol. The highest BCUT2D eigenvalue weighted by atomic mass is 16.1. The van der Waals surface area contributed by atoms with Gasteiger partial charge in [-0.25, -0.2) is 0 Å². The second kappa shape index (κ2) is 6.89. The summed E-state index contributed by atoms with van der Waals surface area (Å²) in [5.41, 5.74) is 2.63. The van der Waals surface area contributed by atoms with Gasteiger partial charge in [0, 0.05) is 26.3 Å². The van der Waals surface area contributed by atoms with Crippen molar-refractivity contribution in [3.05, 3.63) is 34.8 Å². The van der Waals surface area contributed by atoms with Gasteiger partial charge in [-0.05, 0) is 38.3 Å². The summed E-state index contributed by atoms with van der Waals surface area (Å²) in [6, 6.07) is 4.11. The van der Waals surface area contributed by atoms with E-state index in [1.165, 1.54) is 0 Å². The number of piperidine rings is 1. The highest BCUT2D eigenvalue weighted by Gasteiger charge is 2.26. The van der Waals surface area contributed by atoms with Crippen LogP contribution in [0.25, 0.3) is 0 Å². The zero-order chi connectivity index (χ0) is 18.0. The number of nitrogens with zero attached hydrogens (tertiary/aromatic N) is 6. The number of nitrogens with one attached hydrogen (secondary N) is 1. The lowest BCUT2D eigenvalue weighted by molar-refractivity contribution is 0.0957. The van der Waals surface area contributed by atoms with Crippen molar-refractivity contribution in [3.63, 3.8) is 0 Å². The average molecular weight is 339 g/mol. The molecule has 1 saturated heterocycles. The fraction of sp³-hybridized carbons (Fsp3) is 0.471. The van der Waals surface area contributed by atoms with Gasteiger partial charge in [0.2, 0.25) is 0 Å². The fourth-order valence-electron chi connectivity index (χ4n) is 3.10. The third-order valence-corrected chi connectivity index (χ3v) is 4.69. The Morgan fingerprint density at radius 3 is 2.92 bits per heavy atom. The first-order valence-electron chi connectivity index (χ1n) is 8.31. The zero-order valence-corrected chi connectivity index (χ0v) is 14.7. The number of aryl methyl sites for hydroxylation is 1. The number of hydrogen-bond donors (Lipinski definition) is 1. The number of nitriles is 1. The molecule has 0 bridgehead atoms. The van der Waals surface area contributed by atoms with Crippen LogP contribution in [0.1, 0.15) is 46.2 Å². The second-order valence-electron chi connectivity index (χ2n) is 6.22. The van der Waals surface area contributed by atoms with Gasteiger partial charge in [-0.1, -0.05) is 0 Å². The summed E-state index contributed by atoms with van der Waals surface area (Å²) < 4.78 is 1.83. The van der Waals surface area contributed by atoms with Crippen molar-refractivity contribution in [1.29, 1.82) is 5.26 Å². The van der Waals surface area contributed by atoms with Gasteiger partial charge < -0.3 is 10.2 Å². The maximum Gasteiger partial charge on any atom is 0.271 e. The van der Waals surface area contributed by atoms with Crippen LogP contribution in [0.2, 0.25) is 0 Å². The molecule has 1 atom stereocenters. The monoisotopic (exact) mass is 339 g/mol. The van der Waals surface area contributed by atoms with Gasteiger partial charge in [0.05, 0.1) is 11.7 Å². The van der Waals surface area contributed by atoms with Crippen molar-refractivity contribution in [2.75, 3.05) is 25.0 Å². The minimum atomic E-state index is -0.196. The Balaban J connectivity index is 1.85. The highest BCUT2D eigenvalue weighted by Crippen LogP contribution is 2.28. The molecule has 130 valence electrons. The fourth-order valence-corrected chi connectivity index (χ4v) is 3.10. The number of anilines is 1. The van der Waals surface area contributed by atoms with Crippen LogP contribution < -0.4 is 10.2 Å². The second-order valence-corrected chi connectivity index (χ2v) is 6.22. The van der Waals surface area contributed by atoms with Crippen molar-refractivity contribution in [3.8, 4) is 6.07 Å². The lowest BCUT2D eigenvalue weighted by Crippen LogP contribution is -2.38. The molecule has 0 aromatic carbocycles. The number of hydrogen-bond acceptors (Lipinski definition) is 6. The third kappa shape index (κ3) is 3.18. The van der Waals surface area contributed by atoms with Crippen LogP contribution in [0.15, 0.2) is 12.3 Å². The van der Waals surface area contributed by atoms with E-state index in [2.05, 4.69) is 31.6 Å². The van der Waals surface area contributed by atoms with Gasteiger partial charge in [0.15, 0.2) is 5.82 Å². The lowest BCUT2D eigenvalue weighted by Gasteiger charge is -2.34. The molecule has 1 aliphatic rings. The summed E-state index contributed by atoms with van der Waals surface area (Å²) in [5.74, 6) is 0.437. The summed E-state index contributed by atoms with van der Waals surface area (Å²) in [4.78, 5) is 13.8. The van der Waals surface area contributed by atoms with Crippen molar-refractivity contribution in [1.82, 2.24) is 25.3 Å². The Bertz CT molecular complexity index is 836. The van der Waals surface area contributed by atoms with E-state index < -0.39 is 0 Å². The highest BCUT2D eigenvalue weighted by molar-refractivity contribution is 5.91. The molecule has 3 rings (SSSR count). The molecule has 0 radical (unpaired) electrons. The van der Waals surface area contributed by atoms with E-state index in [0.717, 1.165) is 30.6 Å². The van der Waals surface area contributed by atoms with E-state index in [1.54, 1.807) is 13.1 Å². The van der Waals surface area contributed by atoms with Crippen molar-refractivity contribution in [2.45, 2.75) is 32.7 Å².